The Labute approximate surface area is 150 Å². The number of nitrogens with zero attached hydrogens (tertiary/aromatic N) is 3. The van der Waals surface area contributed by atoms with Gasteiger partial charge in [0.2, 0.25) is 0 Å². The molecule has 0 saturated heterocycles. The Hall–Kier alpha value is -0.941. The van der Waals surface area contributed by atoms with Gasteiger partial charge in [0.25, 0.3) is 0 Å². The number of pyridine rings is 1. The molecule has 2 aromatic heterocycles. The van der Waals surface area contributed by atoms with E-state index in [4.69, 9.17) is 16.0 Å². The predicted molar refractivity (Wildman–Crippen MR) is 70.5 cm³/mol. The van der Waals surface area contributed by atoms with Crippen molar-refractivity contribution in [3.63, 3.8) is 0 Å². The van der Waals surface area contributed by atoms with E-state index >= 15 is 0 Å². The zero-order valence-electron chi connectivity index (χ0n) is 12.4. The topological polar surface area (TPSA) is 71.5 Å². The average Bonchev–Trinajstić information content (AvgIpc) is 2.93. The maximum absolute atomic E-state index is 12.4. The Morgan fingerprint density at radius 2 is 1.91 bits per heavy atom. The van der Waals surface area contributed by atoms with Crippen LogP contribution in [0.3, 0.4) is 0 Å². The second-order valence-corrected chi connectivity index (χ2v) is 6.43. The van der Waals surface area contributed by atoms with E-state index in [-0.39, 0.29) is 37.0 Å². The van der Waals surface area contributed by atoms with E-state index < -0.39 is 9.73 Å². The molecule has 0 amide bonds. The minimum Gasteiger partial charge on any atom is -1.00 e. The third-order valence-corrected chi connectivity index (χ3v) is 3.65. The second kappa shape index (κ2) is 8.06. The van der Waals surface area contributed by atoms with E-state index in [1.165, 1.54) is 6.33 Å². The normalized spacial score (nSPS) is 13.5. The Morgan fingerprint density at radius 1 is 1.23 bits per heavy atom. The number of carbonyl (C=O) groups excluding carboxylic acids is 1. The first-order chi connectivity index (χ1) is 9.34. The molecule has 0 spiro atoms. The van der Waals surface area contributed by atoms with Crippen molar-refractivity contribution in [1.82, 2.24) is 20.2 Å². The summed E-state index contributed by atoms with van der Waals surface area (Å²) in [6, 6.07) is 5.45. The third kappa shape index (κ3) is 4.53. The van der Waals surface area contributed by atoms with Crippen LogP contribution in [0.5, 0.6) is 0 Å². The van der Waals surface area contributed by atoms with Crippen molar-refractivity contribution < 1.29 is 45.6 Å². The van der Waals surface area contributed by atoms with Crippen LogP contribution in [0.1, 0.15) is 38.7 Å². The van der Waals surface area contributed by atoms with Gasteiger partial charge in [-0.3, -0.25) is 0 Å². The van der Waals surface area contributed by atoms with E-state index in [9.17, 15) is 4.79 Å². The van der Waals surface area contributed by atoms with Crippen LogP contribution in [0.25, 0.3) is 0 Å². The van der Waals surface area contributed by atoms with Crippen LogP contribution >= 0.6 is 0 Å². The smallest absolute Gasteiger partial charge is 1.00 e. The maximum atomic E-state index is 12.4. The molecule has 0 aliphatic heterocycles. The molecule has 0 aromatic carbocycles. The van der Waals surface area contributed by atoms with Gasteiger partial charge in [0.1, 0.15) is 0 Å². The summed E-state index contributed by atoms with van der Waals surface area (Å²) in [7, 11) is 0. The zero-order valence-corrected chi connectivity index (χ0v) is 14.9. The number of aromatic amines is 1. The summed E-state index contributed by atoms with van der Waals surface area (Å²) in [6.07, 6.45) is 3.24. The van der Waals surface area contributed by atoms with Gasteiger partial charge in [-0.25, -0.2) is 0 Å². The number of nitrogens with one attached hydrogen (secondary N) is 1. The summed E-state index contributed by atoms with van der Waals surface area (Å²) in [6.45, 7) is 5.62. The number of hydrogen-bond donors (Lipinski definition) is 1. The van der Waals surface area contributed by atoms with Gasteiger partial charge in [-0.15, -0.1) is 0 Å². The largest absolute Gasteiger partial charge is 1.00 e. The second-order valence-electron chi connectivity index (χ2n) is 5.62. The molecule has 2 rings (SSSR count). The van der Waals surface area contributed by atoms with E-state index in [0.29, 0.717) is 11.5 Å². The number of ketones is 1. The minimum atomic E-state index is -1.06. The first-order valence-electron chi connectivity index (χ1n) is 6.30. The fraction of sp³-hybridized carbons (Fsp3) is 0.429. The fourth-order valence-electron chi connectivity index (χ4n) is 1.73. The molecule has 0 aliphatic carbocycles. The Bertz CT molecular complexity index is 587. The quantitative estimate of drug-likeness (QED) is 0.539. The summed E-state index contributed by atoms with van der Waals surface area (Å²) >= 11 is 5.89. The van der Waals surface area contributed by atoms with Gasteiger partial charge in [-0.2, -0.15) is 0 Å². The number of H-pyrrole nitrogens is 1. The third-order valence-electron chi connectivity index (χ3n) is 3.03. The van der Waals surface area contributed by atoms with E-state index in [1.54, 1.807) is 18.3 Å². The minimum absolute atomic E-state index is 0. The number of halogens is 2. The standard InChI is InChI=1S/C14H17N4O.2ClH.Cu/c1-14(2,3)12(19)8-10(13-16-9-17-18-13)11-6-4-5-7-15-11;;;/h4-7,9H,8H2,1-3H3,(H,16,17,18);2*1H;/q;;;+2/p-2. The van der Waals surface area contributed by atoms with Crippen molar-refractivity contribution in [3.8, 4) is 0 Å². The Balaban J connectivity index is 0.00000220. The zero-order chi connectivity index (χ0) is 14.8. The van der Waals surface area contributed by atoms with Crippen molar-refractivity contribution in [1.29, 1.82) is 0 Å². The van der Waals surface area contributed by atoms with Crippen LogP contribution < -0.4 is 24.8 Å². The van der Waals surface area contributed by atoms with Crippen molar-refractivity contribution in [2.24, 2.45) is 5.41 Å². The first kappa shape index (κ1) is 21.1. The molecule has 1 atom stereocenters. The van der Waals surface area contributed by atoms with Crippen molar-refractivity contribution in [3.05, 3.63) is 42.2 Å². The van der Waals surface area contributed by atoms with Gasteiger partial charge in [0, 0.05) is 0 Å². The molecule has 2 heterocycles. The summed E-state index contributed by atoms with van der Waals surface area (Å²) in [5.41, 5.74) is 0.142. The van der Waals surface area contributed by atoms with Gasteiger partial charge in [0.05, 0.1) is 0 Å². The molecule has 1 N–H and O–H groups in total. The molecule has 1 unspecified atom stereocenters. The van der Waals surface area contributed by atoms with E-state index in [2.05, 4.69) is 20.2 Å². The Morgan fingerprint density at radius 3 is 2.36 bits per heavy atom. The Kier molecular flexibility index (Phi) is 7.72. The maximum Gasteiger partial charge on any atom is -1.00 e. The molecule has 0 radical (unpaired) electrons. The number of Topliss-reactive ketones (excluding diaryl/α,β-unsaturated/α-hetero) is 1. The fourth-order valence-corrected chi connectivity index (χ4v) is 2.14. The molecule has 2 aromatic rings. The van der Waals surface area contributed by atoms with Crippen LogP contribution in [0.15, 0.2) is 30.7 Å². The van der Waals surface area contributed by atoms with Crippen LogP contribution in [0.4, 0.5) is 0 Å². The van der Waals surface area contributed by atoms with Crippen molar-refractivity contribution in [2.45, 2.75) is 31.5 Å². The molecule has 0 bridgehead atoms. The molecular weight excluding hydrogens is 375 g/mol. The summed E-state index contributed by atoms with van der Waals surface area (Å²) in [4.78, 5) is 20.8. The van der Waals surface area contributed by atoms with Crippen LogP contribution in [0, 0.1) is 5.41 Å². The first-order valence-corrected chi connectivity index (χ1v) is 6.77. The summed E-state index contributed by atoms with van der Waals surface area (Å²) in [5.74, 6) is 0.450. The molecule has 124 valence electrons. The SMILES string of the molecule is CC(C)(C)C(=O)C[C]([Cu+2])(c1ccccn1)c1nc[nH]n1.[Cl-].[Cl-]. The molecule has 5 nitrogen and oxygen atoms in total. The number of rotatable bonds is 4. The van der Waals surface area contributed by atoms with Gasteiger partial charge >= 0.3 is 126 Å². The van der Waals surface area contributed by atoms with Gasteiger partial charge < -0.3 is 24.8 Å². The van der Waals surface area contributed by atoms with E-state index in [0.717, 1.165) is 0 Å². The van der Waals surface area contributed by atoms with Crippen LogP contribution in [-0.4, -0.2) is 25.9 Å². The van der Waals surface area contributed by atoms with Crippen molar-refractivity contribution in [2.75, 3.05) is 0 Å². The molecule has 0 saturated carbocycles. The van der Waals surface area contributed by atoms with Gasteiger partial charge in [-0.05, 0) is 0 Å². The molecule has 8 heteroatoms. The predicted octanol–water partition coefficient (Wildman–Crippen LogP) is -4.00. The van der Waals surface area contributed by atoms with Crippen LogP contribution in [-0.2, 0) is 25.1 Å². The summed E-state index contributed by atoms with van der Waals surface area (Å²) < 4.78 is -1.06. The summed E-state index contributed by atoms with van der Waals surface area (Å²) in [5, 5.41) is 6.71. The number of aromatic nitrogens is 4. The molecule has 0 aliphatic rings. The van der Waals surface area contributed by atoms with Crippen molar-refractivity contribution >= 4 is 5.78 Å². The average molecular weight is 392 g/mol. The van der Waals surface area contributed by atoms with Crippen LogP contribution in [0.2, 0.25) is 0 Å². The van der Waals surface area contributed by atoms with Gasteiger partial charge in [0.15, 0.2) is 0 Å². The van der Waals surface area contributed by atoms with Gasteiger partial charge in [-0.1, -0.05) is 0 Å². The number of hydrogen-bond acceptors (Lipinski definition) is 4. The molecular formula is C14H17Cl2CuN4O. The van der Waals surface area contributed by atoms with E-state index in [1.807, 2.05) is 26.8 Å². The molecule has 22 heavy (non-hydrogen) atoms. The molecule has 0 fully saturated rings. The monoisotopic (exact) mass is 390 g/mol. The number of carbonyl (C=O) groups is 1.